The summed E-state index contributed by atoms with van der Waals surface area (Å²) in [5.41, 5.74) is 2.05. The Kier molecular flexibility index (Phi) is 8.72. The Morgan fingerprint density at radius 1 is 1.12 bits per heavy atom. The predicted molar refractivity (Wildman–Crippen MR) is 106 cm³/mol. The van der Waals surface area contributed by atoms with E-state index in [0.717, 1.165) is 34.4 Å². The zero-order valence-electron chi connectivity index (χ0n) is 14.3. The molecule has 4 nitrogen and oxygen atoms in total. The van der Waals surface area contributed by atoms with Crippen molar-refractivity contribution in [3.8, 4) is 5.75 Å². The van der Waals surface area contributed by atoms with E-state index in [2.05, 4.69) is 32.6 Å². The summed E-state index contributed by atoms with van der Waals surface area (Å²) in [6, 6.07) is 13.7. The maximum Gasteiger partial charge on any atom is 0.124 e. The van der Waals surface area contributed by atoms with Gasteiger partial charge in [-0.05, 0) is 31.2 Å². The van der Waals surface area contributed by atoms with Gasteiger partial charge in [0, 0.05) is 46.8 Å². The molecule has 0 heterocycles. The normalized spacial score (nSPS) is 12.2. The Labute approximate surface area is 162 Å². The van der Waals surface area contributed by atoms with Gasteiger partial charge in [0.1, 0.15) is 12.4 Å². The summed E-state index contributed by atoms with van der Waals surface area (Å²) < 4.78 is 6.99. The number of hydrogen-bond donors (Lipinski definition) is 3. The SMILES string of the molecule is C[C@H](O)CNCCNCc1cc(Br)ccc1OCc1ccccc1Cl. The van der Waals surface area contributed by atoms with Crippen molar-refractivity contribution in [1.29, 1.82) is 0 Å². The molecule has 0 radical (unpaired) electrons. The molecular formula is C19H24BrClN2O2. The number of aliphatic hydroxyl groups excluding tert-OH is 1. The van der Waals surface area contributed by atoms with Crippen LogP contribution in [0.25, 0.3) is 0 Å². The number of aliphatic hydroxyl groups is 1. The van der Waals surface area contributed by atoms with E-state index in [-0.39, 0.29) is 6.10 Å². The van der Waals surface area contributed by atoms with Crippen molar-refractivity contribution in [3.63, 3.8) is 0 Å². The zero-order chi connectivity index (χ0) is 18.1. The number of hydrogen-bond acceptors (Lipinski definition) is 4. The summed E-state index contributed by atoms with van der Waals surface area (Å²) in [5.74, 6) is 0.840. The molecule has 6 heteroatoms. The van der Waals surface area contributed by atoms with Gasteiger partial charge in [-0.2, -0.15) is 0 Å². The van der Waals surface area contributed by atoms with E-state index in [1.807, 2.05) is 36.4 Å². The smallest absolute Gasteiger partial charge is 0.124 e. The summed E-state index contributed by atoms with van der Waals surface area (Å²) in [4.78, 5) is 0. The highest BCUT2D eigenvalue weighted by Gasteiger charge is 2.07. The standard InChI is InChI=1S/C19H24BrClN2O2/c1-14(24)11-22-8-9-23-12-16-10-17(20)6-7-19(16)25-13-15-4-2-3-5-18(15)21/h2-7,10,14,22-24H,8-9,11-13H2,1H3/t14-/m0/s1. The monoisotopic (exact) mass is 426 g/mol. The molecule has 0 aliphatic heterocycles. The van der Waals surface area contributed by atoms with E-state index in [9.17, 15) is 5.11 Å². The zero-order valence-corrected chi connectivity index (χ0v) is 16.6. The first-order valence-corrected chi connectivity index (χ1v) is 9.47. The third-order valence-corrected chi connectivity index (χ3v) is 4.46. The van der Waals surface area contributed by atoms with Gasteiger partial charge in [0.25, 0.3) is 0 Å². The molecule has 3 N–H and O–H groups in total. The highest BCUT2D eigenvalue weighted by Crippen LogP contribution is 2.25. The lowest BCUT2D eigenvalue weighted by Gasteiger charge is -2.14. The Hall–Kier alpha value is -1.11. The van der Waals surface area contributed by atoms with E-state index in [1.165, 1.54) is 0 Å². The Balaban J connectivity index is 1.87. The van der Waals surface area contributed by atoms with Crippen molar-refractivity contribution in [3.05, 3.63) is 63.1 Å². The lowest BCUT2D eigenvalue weighted by molar-refractivity contribution is 0.191. The van der Waals surface area contributed by atoms with Gasteiger partial charge in [0.15, 0.2) is 0 Å². The molecule has 2 aromatic carbocycles. The first kappa shape index (κ1) is 20.2. The minimum atomic E-state index is -0.324. The lowest BCUT2D eigenvalue weighted by atomic mass is 10.2. The van der Waals surface area contributed by atoms with Gasteiger partial charge in [-0.1, -0.05) is 45.7 Å². The maximum absolute atomic E-state index is 9.21. The molecule has 0 aliphatic carbocycles. The second kappa shape index (κ2) is 10.8. The largest absolute Gasteiger partial charge is 0.489 e. The van der Waals surface area contributed by atoms with E-state index in [4.69, 9.17) is 16.3 Å². The molecule has 0 bridgehead atoms. The fraction of sp³-hybridized carbons (Fsp3) is 0.368. The van der Waals surface area contributed by atoms with Gasteiger partial charge in [-0.3, -0.25) is 0 Å². The van der Waals surface area contributed by atoms with Crippen LogP contribution in [0.4, 0.5) is 0 Å². The van der Waals surface area contributed by atoms with E-state index in [0.29, 0.717) is 24.7 Å². The van der Waals surface area contributed by atoms with Gasteiger partial charge in [-0.25, -0.2) is 0 Å². The van der Waals surface area contributed by atoms with Crippen LogP contribution < -0.4 is 15.4 Å². The minimum absolute atomic E-state index is 0.324. The number of rotatable bonds is 10. The molecule has 0 saturated heterocycles. The van der Waals surface area contributed by atoms with Gasteiger partial charge in [0.05, 0.1) is 6.10 Å². The summed E-state index contributed by atoms with van der Waals surface area (Å²) in [6.45, 7) is 5.12. The average Bonchev–Trinajstić information content (AvgIpc) is 2.58. The highest BCUT2D eigenvalue weighted by atomic mass is 79.9. The fourth-order valence-corrected chi connectivity index (χ4v) is 2.91. The molecule has 0 unspecified atom stereocenters. The van der Waals surface area contributed by atoms with Crippen LogP contribution in [-0.2, 0) is 13.2 Å². The second-order valence-corrected chi connectivity index (χ2v) is 7.18. The van der Waals surface area contributed by atoms with Crippen LogP contribution in [0, 0.1) is 0 Å². The van der Waals surface area contributed by atoms with Crippen molar-refractivity contribution >= 4 is 27.5 Å². The molecule has 25 heavy (non-hydrogen) atoms. The maximum atomic E-state index is 9.21. The Morgan fingerprint density at radius 3 is 2.64 bits per heavy atom. The molecule has 2 aromatic rings. The first-order valence-electron chi connectivity index (χ1n) is 8.30. The van der Waals surface area contributed by atoms with Crippen LogP contribution in [0.1, 0.15) is 18.1 Å². The molecule has 1 atom stereocenters. The minimum Gasteiger partial charge on any atom is -0.489 e. The number of nitrogens with one attached hydrogen (secondary N) is 2. The topological polar surface area (TPSA) is 53.5 Å². The molecular weight excluding hydrogens is 404 g/mol. The van der Waals surface area contributed by atoms with Gasteiger partial charge in [-0.15, -0.1) is 0 Å². The summed E-state index contributed by atoms with van der Waals surface area (Å²) in [7, 11) is 0. The molecule has 0 spiro atoms. The van der Waals surface area contributed by atoms with Gasteiger partial charge in [0.2, 0.25) is 0 Å². The molecule has 0 amide bonds. The fourth-order valence-electron chi connectivity index (χ4n) is 2.31. The van der Waals surface area contributed by atoms with Gasteiger partial charge < -0.3 is 20.5 Å². The third kappa shape index (κ3) is 7.34. The highest BCUT2D eigenvalue weighted by molar-refractivity contribution is 9.10. The van der Waals surface area contributed by atoms with Crippen LogP contribution in [0.15, 0.2) is 46.9 Å². The quantitative estimate of drug-likeness (QED) is 0.506. The number of benzene rings is 2. The van der Waals surface area contributed by atoms with E-state index in [1.54, 1.807) is 6.92 Å². The summed E-state index contributed by atoms with van der Waals surface area (Å²) in [6.07, 6.45) is -0.324. The molecule has 0 fully saturated rings. The van der Waals surface area contributed by atoms with Crippen LogP contribution >= 0.6 is 27.5 Å². The molecule has 0 aliphatic rings. The van der Waals surface area contributed by atoms with E-state index >= 15 is 0 Å². The van der Waals surface area contributed by atoms with E-state index < -0.39 is 0 Å². The van der Waals surface area contributed by atoms with Crippen molar-refractivity contribution in [1.82, 2.24) is 10.6 Å². The van der Waals surface area contributed by atoms with Crippen molar-refractivity contribution in [2.75, 3.05) is 19.6 Å². The van der Waals surface area contributed by atoms with Crippen molar-refractivity contribution in [2.24, 2.45) is 0 Å². The summed E-state index contributed by atoms with van der Waals surface area (Å²) in [5, 5.41) is 16.5. The van der Waals surface area contributed by atoms with Crippen LogP contribution in [0.2, 0.25) is 5.02 Å². The van der Waals surface area contributed by atoms with Crippen LogP contribution in [0.5, 0.6) is 5.75 Å². The predicted octanol–water partition coefficient (Wildman–Crippen LogP) is 3.74. The third-order valence-electron chi connectivity index (χ3n) is 3.60. The van der Waals surface area contributed by atoms with Crippen LogP contribution in [0.3, 0.4) is 0 Å². The molecule has 2 rings (SSSR count). The molecule has 0 saturated carbocycles. The Bertz CT molecular complexity index is 668. The molecule has 136 valence electrons. The number of ether oxygens (including phenoxy) is 1. The molecule has 0 aromatic heterocycles. The van der Waals surface area contributed by atoms with Crippen molar-refractivity contribution in [2.45, 2.75) is 26.2 Å². The van der Waals surface area contributed by atoms with Crippen LogP contribution in [-0.4, -0.2) is 30.8 Å². The average molecular weight is 428 g/mol. The van der Waals surface area contributed by atoms with Gasteiger partial charge >= 0.3 is 0 Å². The summed E-state index contributed by atoms with van der Waals surface area (Å²) >= 11 is 9.69. The Morgan fingerprint density at radius 2 is 1.88 bits per heavy atom. The lowest BCUT2D eigenvalue weighted by Crippen LogP contribution is -2.31. The number of halogens is 2. The second-order valence-electron chi connectivity index (χ2n) is 5.86. The van der Waals surface area contributed by atoms with Crippen molar-refractivity contribution < 1.29 is 9.84 Å². The first-order chi connectivity index (χ1) is 12.1.